The lowest BCUT2D eigenvalue weighted by Crippen LogP contribution is -2.37. The van der Waals surface area contributed by atoms with Crippen LogP contribution >= 0.6 is 0 Å². The molecule has 1 N–H and O–H groups in total. The minimum absolute atomic E-state index is 0.174. The zero-order valence-electron chi connectivity index (χ0n) is 11.3. The summed E-state index contributed by atoms with van der Waals surface area (Å²) in [4.78, 5) is 0. The third-order valence-electron chi connectivity index (χ3n) is 4.12. The Morgan fingerprint density at radius 2 is 1.95 bits per heavy atom. The van der Waals surface area contributed by atoms with Gasteiger partial charge in [-0.3, -0.25) is 0 Å². The van der Waals surface area contributed by atoms with E-state index >= 15 is 0 Å². The van der Waals surface area contributed by atoms with Gasteiger partial charge in [0.1, 0.15) is 0 Å². The first kappa shape index (κ1) is 14.4. The maximum Gasteiger partial charge on any atom is 0.416 e. The molecular weight excluding hydrogens is 251 g/mol. The Bertz CT molecular complexity index is 437. The molecule has 1 unspecified atom stereocenters. The van der Waals surface area contributed by atoms with Gasteiger partial charge in [0, 0.05) is 12.6 Å². The molecular formula is C15H20F3N. The highest BCUT2D eigenvalue weighted by Crippen LogP contribution is 2.38. The van der Waals surface area contributed by atoms with E-state index in [1.807, 2.05) is 0 Å². The summed E-state index contributed by atoms with van der Waals surface area (Å²) in [5.74, 6) is 0. The molecule has 19 heavy (non-hydrogen) atoms. The quantitative estimate of drug-likeness (QED) is 0.860. The van der Waals surface area contributed by atoms with Crippen LogP contribution in [0.4, 0.5) is 13.2 Å². The number of hydrogen-bond donors (Lipinski definition) is 1. The number of nitrogens with one attached hydrogen (secondary N) is 1. The molecule has 0 aliphatic heterocycles. The molecule has 1 aromatic rings. The number of benzene rings is 1. The lowest BCUT2D eigenvalue weighted by Gasteiger charge is -2.28. The zero-order chi connectivity index (χ0) is 14.1. The van der Waals surface area contributed by atoms with Crippen LogP contribution in [0.1, 0.15) is 44.2 Å². The first-order valence-electron chi connectivity index (χ1n) is 6.69. The fourth-order valence-electron chi connectivity index (χ4n) is 2.89. The maximum absolute atomic E-state index is 12.9. The van der Waals surface area contributed by atoms with E-state index in [9.17, 15) is 13.2 Å². The van der Waals surface area contributed by atoms with E-state index in [0.29, 0.717) is 11.6 Å². The van der Waals surface area contributed by atoms with Crippen molar-refractivity contribution in [2.75, 3.05) is 0 Å². The zero-order valence-corrected chi connectivity index (χ0v) is 11.3. The van der Waals surface area contributed by atoms with Crippen LogP contribution in [0.3, 0.4) is 0 Å². The van der Waals surface area contributed by atoms with Crippen LogP contribution in [0.5, 0.6) is 0 Å². The van der Waals surface area contributed by atoms with E-state index in [-0.39, 0.29) is 12.0 Å². The first-order chi connectivity index (χ1) is 8.81. The monoisotopic (exact) mass is 271 g/mol. The molecule has 1 aliphatic rings. The van der Waals surface area contributed by atoms with Gasteiger partial charge in [0.15, 0.2) is 0 Å². The Morgan fingerprint density at radius 1 is 1.26 bits per heavy atom. The summed E-state index contributed by atoms with van der Waals surface area (Å²) in [7, 11) is 0. The van der Waals surface area contributed by atoms with Crippen LogP contribution in [-0.2, 0) is 12.7 Å². The Labute approximate surface area is 112 Å². The molecule has 1 nitrogen and oxygen atoms in total. The van der Waals surface area contributed by atoms with Crippen molar-refractivity contribution >= 4 is 0 Å². The van der Waals surface area contributed by atoms with Crippen molar-refractivity contribution in [3.63, 3.8) is 0 Å². The molecule has 0 heterocycles. The average molecular weight is 271 g/mol. The molecule has 4 heteroatoms. The van der Waals surface area contributed by atoms with E-state index in [4.69, 9.17) is 0 Å². The minimum Gasteiger partial charge on any atom is -0.309 e. The molecule has 0 radical (unpaired) electrons. The number of rotatable bonds is 3. The standard InChI is InChI=1S/C15H20F3N/c1-14(2)9-5-8-13(14)19-10-11-6-3-4-7-12(11)15(16,17)18/h3-4,6-7,13,19H,5,8-10H2,1-2H3. The molecule has 0 aromatic heterocycles. The smallest absolute Gasteiger partial charge is 0.309 e. The largest absolute Gasteiger partial charge is 0.416 e. The first-order valence-corrected chi connectivity index (χ1v) is 6.69. The van der Waals surface area contributed by atoms with Crippen molar-refractivity contribution in [2.45, 2.75) is 51.9 Å². The van der Waals surface area contributed by atoms with Gasteiger partial charge in [0.2, 0.25) is 0 Å². The summed E-state index contributed by atoms with van der Waals surface area (Å²) in [5, 5.41) is 3.30. The van der Waals surface area contributed by atoms with Gasteiger partial charge >= 0.3 is 6.18 Å². The molecule has 1 fully saturated rings. The van der Waals surface area contributed by atoms with Gasteiger partial charge in [-0.05, 0) is 29.9 Å². The van der Waals surface area contributed by atoms with Gasteiger partial charge in [-0.25, -0.2) is 0 Å². The van der Waals surface area contributed by atoms with E-state index in [0.717, 1.165) is 25.3 Å². The van der Waals surface area contributed by atoms with Crippen LogP contribution < -0.4 is 5.32 Å². The van der Waals surface area contributed by atoms with Crippen molar-refractivity contribution in [1.29, 1.82) is 0 Å². The van der Waals surface area contributed by atoms with Crippen LogP contribution in [-0.4, -0.2) is 6.04 Å². The Hall–Kier alpha value is -1.03. The molecule has 0 saturated heterocycles. The molecule has 0 spiro atoms. The summed E-state index contributed by atoms with van der Waals surface area (Å²) in [6, 6.07) is 6.10. The van der Waals surface area contributed by atoms with Crippen LogP contribution in [0, 0.1) is 5.41 Å². The van der Waals surface area contributed by atoms with Crippen molar-refractivity contribution in [1.82, 2.24) is 5.32 Å². The Kier molecular flexibility index (Phi) is 3.90. The fraction of sp³-hybridized carbons (Fsp3) is 0.600. The normalized spacial score (nSPS) is 22.7. The van der Waals surface area contributed by atoms with Crippen molar-refractivity contribution in [2.24, 2.45) is 5.41 Å². The highest BCUT2D eigenvalue weighted by molar-refractivity contribution is 5.29. The van der Waals surface area contributed by atoms with Gasteiger partial charge in [-0.2, -0.15) is 13.2 Å². The predicted octanol–water partition coefficient (Wildman–Crippen LogP) is 4.37. The molecule has 2 rings (SSSR count). The van der Waals surface area contributed by atoms with Crippen molar-refractivity contribution < 1.29 is 13.2 Å². The third kappa shape index (κ3) is 3.30. The SMILES string of the molecule is CC1(C)CCCC1NCc1ccccc1C(F)(F)F. The average Bonchev–Trinajstić information content (AvgIpc) is 2.65. The Morgan fingerprint density at radius 3 is 2.53 bits per heavy atom. The van der Waals surface area contributed by atoms with Gasteiger partial charge in [-0.15, -0.1) is 0 Å². The second kappa shape index (κ2) is 5.16. The predicted molar refractivity (Wildman–Crippen MR) is 69.7 cm³/mol. The topological polar surface area (TPSA) is 12.0 Å². The van der Waals surface area contributed by atoms with Crippen molar-refractivity contribution in [3.05, 3.63) is 35.4 Å². The van der Waals surface area contributed by atoms with Crippen LogP contribution in [0.2, 0.25) is 0 Å². The van der Waals surface area contributed by atoms with E-state index in [1.54, 1.807) is 12.1 Å². The molecule has 1 atom stereocenters. The maximum atomic E-state index is 12.9. The molecule has 0 bridgehead atoms. The Balaban J connectivity index is 2.08. The molecule has 1 aliphatic carbocycles. The lowest BCUT2D eigenvalue weighted by molar-refractivity contribution is -0.138. The van der Waals surface area contributed by atoms with E-state index in [2.05, 4.69) is 19.2 Å². The molecule has 0 amide bonds. The fourth-order valence-corrected chi connectivity index (χ4v) is 2.89. The summed E-state index contributed by atoms with van der Waals surface area (Å²) < 4.78 is 38.6. The van der Waals surface area contributed by atoms with Gasteiger partial charge in [0.05, 0.1) is 5.56 Å². The van der Waals surface area contributed by atoms with Crippen molar-refractivity contribution in [3.8, 4) is 0 Å². The second-order valence-corrected chi connectivity index (χ2v) is 5.97. The highest BCUT2D eigenvalue weighted by Gasteiger charge is 2.35. The minimum atomic E-state index is -4.27. The van der Waals surface area contributed by atoms with E-state index in [1.165, 1.54) is 6.07 Å². The highest BCUT2D eigenvalue weighted by atomic mass is 19.4. The number of halogens is 3. The molecule has 1 aromatic carbocycles. The van der Waals surface area contributed by atoms with Gasteiger partial charge < -0.3 is 5.32 Å². The summed E-state index contributed by atoms with van der Waals surface area (Å²) >= 11 is 0. The number of alkyl halides is 3. The molecule has 1 saturated carbocycles. The lowest BCUT2D eigenvalue weighted by atomic mass is 9.87. The third-order valence-corrected chi connectivity index (χ3v) is 4.12. The number of hydrogen-bond acceptors (Lipinski definition) is 1. The van der Waals surface area contributed by atoms with Gasteiger partial charge in [-0.1, -0.05) is 38.5 Å². The van der Waals surface area contributed by atoms with Crippen LogP contribution in [0.15, 0.2) is 24.3 Å². The summed E-state index contributed by atoms with van der Waals surface area (Å²) in [6.45, 7) is 4.63. The summed E-state index contributed by atoms with van der Waals surface area (Å²) in [5.41, 5.74) is -0.0244. The summed E-state index contributed by atoms with van der Waals surface area (Å²) in [6.07, 6.45) is -0.957. The van der Waals surface area contributed by atoms with E-state index < -0.39 is 11.7 Å². The second-order valence-electron chi connectivity index (χ2n) is 5.97. The molecule has 106 valence electrons. The van der Waals surface area contributed by atoms with Gasteiger partial charge in [0.25, 0.3) is 0 Å². The van der Waals surface area contributed by atoms with Crippen LogP contribution in [0.25, 0.3) is 0 Å².